The summed E-state index contributed by atoms with van der Waals surface area (Å²) in [4.78, 5) is 12.9. The van der Waals surface area contributed by atoms with E-state index in [9.17, 15) is 10.1 Å². The van der Waals surface area contributed by atoms with Crippen molar-refractivity contribution >= 4 is 11.3 Å². The molecule has 0 amide bonds. The average molecular weight is 143 g/mol. The molecule has 47 valence electrons. The van der Waals surface area contributed by atoms with Crippen molar-refractivity contribution in [3.05, 3.63) is 33.2 Å². The molecule has 0 aliphatic carbocycles. The summed E-state index contributed by atoms with van der Waals surface area (Å²) in [6, 6.07) is 0. The second-order valence-electron chi connectivity index (χ2n) is 1.28. The van der Waals surface area contributed by atoms with E-state index in [4.69, 9.17) is 0 Å². The molecule has 1 aromatic heterocycles. The minimum absolute atomic E-state index is 0.431. The van der Waals surface area contributed by atoms with E-state index in [1.807, 2.05) is 0 Å². The number of thiazole rings is 1. The molecule has 0 N–H and O–H groups in total. The van der Waals surface area contributed by atoms with E-state index < -0.39 is 4.92 Å². The van der Waals surface area contributed by atoms with Gasteiger partial charge in [-0.05, 0) is 0 Å². The van der Waals surface area contributed by atoms with Crippen molar-refractivity contribution in [1.82, 2.24) is 4.98 Å². The van der Waals surface area contributed by atoms with Gasteiger partial charge in [-0.25, -0.2) is 4.98 Å². The first-order valence-corrected chi connectivity index (χ1v) is 3.05. The molecule has 0 bridgehead atoms. The molecule has 4 nitrogen and oxygen atoms in total. The lowest BCUT2D eigenvalue weighted by Gasteiger charge is -1.80. The van der Waals surface area contributed by atoms with Crippen LogP contribution in [0.15, 0.2) is 11.6 Å². The molecule has 0 saturated carbocycles. The summed E-state index contributed by atoms with van der Waals surface area (Å²) >= 11 is 1.24. The SMILES string of the molecule is O=[N+]([O-])[CH]c1nccs1. The molecule has 0 fully saturated rings. The van der Waals surface area contributed by atoms with Crippen LogP contribution in [0.3, 0.4) is 0 Å². The Morgan fingerprint density at radius 2 is 2.67 bits per heavy atom. The van der Waals surface area contributed by atoms with E-state index in [0.29, 0.717) is 5.01 Å². The zero-order valence-corrected chi connectivity index (χ0v) is 5.17. The molecule has 0 saturated heterocycles. The van der Waals surface area contributed by atoms with Crippen molar-refractivity contribution in [2.45, 2.75) is 0 Å². The van der Waals surface area contributed by atoms with Gasteiger partial charge in [0.2, 0.25) is 0 Å². The Morgan fingerprint density at radius 1 is 1.89 bits per heavy atom. The molecule has 0 unspecified atom stereocenters. The molecule has 1 rings (SSSR count). The van der Waals surface area contributed by atoms with Gasteiger partial charge in [-0.15, -0.1) is 11.3 Å². The highest BCUT2D eigenvalue weighted by molar-refractivity contribution is 7.09. The van der Waals surface area contributed by atoms with E-state index in [1.165, 1.54) is 17.5 Å². The van der Waals surface area contributed by atoms with Crippen LogP contribution in [-0.2, 0) is 0 Å². The molecular weight excluding hydrogens is 140 g/mol. The molecule has 0 aromatic carbocycles. The highest BCUT2D eigenvalue weighted by atomic mass is 32.1. The number of aromatic nitrogens is 1. The topological polar surface area (TPSA) is 56.0 Å². The van der Waals surface area contributed by atoms with Gasteiger partial charge in [0.05, 0.1) is 0 Å². The van der Waals surface area contributed by atoms with E-state index in [1.54, 1.807) is 5.38 Å². The third-order valence-corrected chi connectivity index (χ3v) is 1.38. The quantitative estimate of drug-likeness (QED) is 0.457. The van der Waals surface area contributed by atoms with Gasteiger partial charge in [0, 0.05) is 16.5 Å². The Kier molecular flexibility index (Phi) is 1.74. The first-order chi connectivity index (χ1) is 4.29. The van der Waals surface area contributed by atoms with Crippen LogP contribution in [0.2, 0.25) is 0 Å². The molecule has 0 aliphatic heterocycles. The third-order valence-electron chi connectivity index (χ3n) is 0.667. The van der Waals surface area contributed by atoms with Crippen LogP contribution in [0.4, 0.5) is 0 Å². The minimum atomic E-state index is -0.515. The second-order valence-corrected chi connectivity index (χ2v) is 2.21. The Bertz CT molecular complexity index is 196. The van der Waals surface area contributed by atoms with Gasteiger partial charge >= 0.3 is 6.54 Å². The Balaban J connectivity index is 2.58. The van der Waals surface area contributed by atoms with Crippen LogP contribution in [0, 0.1) is 16.7 Å². The minimum Gasteiger partial charge on any atom is -0.263 e. The Hall–Kier alpha value is -0.970. The molecule has 9 heavy (non-hydrogen) atoms. The molecule has 5 heteroatoms. The summed E-state index contributed by atoms with van der Waals surface area (Å²) < 4.78 is 0. The van der Waals surface area contributed by atoms with Gasteiger partial charge in [0.15, 0.2) is 5.01 Å². The van der Waals surface area contributed by atoms with Gasteiger partial charge < -0.3 is 0 Å². The zero-order chi connectivity index (χ0) is 6.69. The predicted octanol–water partition coefficient (Wildman–Crippen LogP) is 0.930. The van der Waals surface area contributed by atoms with E-state index >= 15 is 0 Å². The van der Waals surface area contributed by atoms with Crippen molar-refractivity contribution in [3.8, 4) is 0 Å². The first kappa shape index (κ1) is 6.15. The van der Waals surface area contributed by atoms with Gasteiger partial charge in [0.25, 0.3) is 0 Å². The summed E-state index contributed by atoms with van der Waals surface area (Å²) in [5, 5.41) is 11.9. The van der Waals surface area contributed by atoms with Gasteiger partial charge in [-0.1, -0.05) is 0 Å². The number of nitrogens with zero attached hydrogens (tertiary/aromatic N) is 2. The Morgan fingerprint density at radius 3 is 3.11 bits per heavy atom. The normalized spacial score (nSPS) is 9.33. The average Bonchev–Trinajstić information content (AvgIpc) is 2.15. The first-order valence-electron chi connectivity index (χ1n) is 2.17. The lowest BCUT2D eigenvalue weighted by molar-refractivity contribution is -0.429. The zero-order valence-electron chi connectivity index (χ0n) is 4.35. The fourth-order valence-corrected chi connectivity index (χ4v) is 0.918. The monoisotopic (exact) mass is 143 g/mol. The van der Waals surface area contributed by atoms with Crippen LogP contribution in [0.1, 0.15) is 5.01 Å². The second kappa shape index (κ2) is 2.54. The molecule has 1 heterocycles. The molecule has 1 radical (unpaired) electrons. The standard InChI is InChI=1S/C4H3N2O2S/c7-6(8)3-4-5-1-2-9-4/h1-3H. The van der Waals surface area contributed by atoms with E-state index in [0.717, 1.165) is 6.54 Å². The third kappa shape index (κ3) is 1.77. The predicted molar refractivity (Wildman–Crippen MR) is 32.5 cm³/mol. The highest BCUT2D eigenvalue weighted by Gasteiger charge is 2.04. The smallest absolute Gasteiger partial charge is 0.263 e. The number of rotatable bonds is 2. The van der Waals surface area contributed by atoms with E-state index in [2.05, 4.69) is 4.98 Å². The van der Waals surface area contributed by atoms with Crippen molar-refractivity contribution in [2.24, 2.45) is 0 Å². The number of nitro groups is 1. The van der Waals surface area contributed by atoms with Crippen LogP contribution in [0.5, 0.6) is 0 Å². The van der Waals surface area contributed by atoms with Crippen molar-refractivity contribution < 1.29 is 4.92 Å². The number of hydrogen-bond acceptors (Lipinski definition) is 4. The van der Waals surface area contributed by atoms with Crippen LogP contribution >= 0.6 is 11.3 Å². The molecule has 1 aromatic rings. The van der Waals surface area contributed by atoms with E-state index in [-0.39, 0.29) is 0 Å². The maximum atomic E-state index is 9.78. The molecule has 0 aliphatic rings. The molecule has 0 atom stereocenters. The van der Waals surface area contributed by atoms with Gasteiger partial charge in [-0.2, -0.15) is 0 Å². The van der Waals surface area contributed by atoms with Crippen molar-refractivity contribution in [1.29, 1.82) is 0 Å². The van der Waals surface area contributed by atoms with Crippen LogP contribution in [0.25, 0.3) is 0 Å². The highest BCUT2D eigenvalue weighted by Crippen LogP contribution is 2.05. The van der Waals surface area contributed by atoms with Crippen molar-refractivity contribution in [2.75, 3.05) is 0 Å². The fourth-order valence-electron chi connectivity index (χ4n) is 0.388. The van der Waals surface area contributed by atoms with Gasteiger partial charge in [-0.3, -0.25) is 10.1 Å². The van der Waals surface area contributed by atoms with Crippen molar-refractivity contribution in [3.63, 3.8) is 0 Å². The lowest BCUT2D eigenvalue weighted by Crippen LogP contribution is -1.92. The fraction of sp³-hybridized carbons (Fsp3) is 0. The summed E-state index contributed by atoms with van der Waals surface area (Å²) in [5.41, 5.74) is 0. The molecular formula is C4H3N2O2S. The number of hydrogen-bond donors (Lipinski definition) is 0. The van der Waals surface area contributed by atoms with Crippen LogP contribution < -0.4 is 0 Å². The summed E-state index contributed by atoms with van der Waals surface area (Å²) in [5.74, 6) is 0. The maximum absolute atomic E-state index is 9.78. The summed E-state index contributed by atoms with van der Waals surface area (Å²) in [7, 11) is 0. The summed E-state index contributed by atoms with van der Waals surface area (Å²) in [6.45, 7) is 0.880. The summed E-state index contributed by atoms with van der Waals surface area (Å²) in [6.07, 6.45) is 1.53. The van der Waals surface area contributed by atoms with Gasteiger partial charge in [0.1, 0.15) is 0 Å². The van der Waals surface area contributed by atoms with Crippen LogP contribution in [-0.4, -0.2) is 9.91 Å². The Labute approximate surface area is 55.3 Å². The maximum Gasteiger partial charge on any atom is 0.336 e. The largest absolute Gasteiger partial charge is 0.336 e. The molecule has 0 spiro atoms. The lowest BCUT2D eigenvalue weighted by atomic mass is 10.7.